The third kappa shape index (κ3) is 5.93. The first kappa shape index (κ1) is 22.9. The van der Waals surface area contributed by atoms with Crippen LogP contribution < -0.4 is 5.32 Å². The highest BCUT2D eigenvalue weighted by molar-refractivity contribution is 5.75. The highest BCUT2D eigenvalue weighted by Gasteiger charge is 2.44. The molecule has 5 heteroatoms. The lowest BCUT2D eigenvalue weighted by atomic mass is 9.78. The number of aliphatic carboxylic acids is 1. The van der Waals surface area contributed by atoms with E-state index in [1.165, 1.54) is 0 Å². The molecule has 0 radical (unpaired) electrons. The molecule has 0 bridgehead atoms. The van der Waals surface area contributed by atoms with Crippen molar-refractivity contribution < 1.29 is 9.90 Å². The normalized spacial score (nSPS) is 23.7. The average molecular weight is 366 g/mol. The Labute approximate surface area is 160 Å². The van der Waals surface area contributed by atoms with Crippen molar-refractivity contribution in [2.24, 2.45) is 5.92 Å². The molecule has 0 spiro atoms. The number of carboxylic acid groups (broad SMARTS) is 1. The molecule has 26 heavy (non-hydrogen) atoms. The minimum absolute atomic E-state index is 0.367. The van der Waals surface area contributed by atoms with E-state index in [-0.39, 0.29) is 0 Å². The Kier molecular flexibility index (Phi) is 10.1. The van der Waals surface area contributed by atoms with Crippen LogP contribution in [0.15, 0.2) is 24.3 Å². The summed E-state index contributed by atoms with van der Waals surface area (Å²) >= 11 is 0. The van der Waals surface area contributed by atoms with Gasteiger partial charge in [0.25, 0.3) is 0 Å². The highest BCUT2D eigenvalue weighted by atomic mass is 16.4. The maximum atomic E-state index is 11.9. The van der Waals surface area contributed by atoms with Crippen LogP contribution in [0.25, 0.3) is 0 Å². The lowest BCUT2D eigenvalue weighted by Crippen LogP contribution is -2.61. The molecule has 0 saturated carbocycles. The number of nitrogens with one attached hydrogen (secondary N) is 1. The first-order valence-electron chi connectivity index (χ1n) is 10.2. The van der Waals surface area contributed by atoms with Crippen LogP contribution in [-0.4, -0.2) is 71.7 Å². The second-order valence-corrected chi connectivity index (χ2v) is 7.17. The molecule has 1 aliphatic rings. The van der Waals surface area contributed by atoms with Crippen molar-refractivity contribution in [1.29, 1.82) is 0 Å². The number of carbonyl (C=O) groups is 1. The Balaban J connectivity index is 2.74. The van der Waals surface area contributed by atoms with Crippen molar-refractivity contribution in [2.75, 3.05) is 39.3 Å². The largest absolute Gasteiger partial charge is 0.481 e. The predicted octanol–water partition coefficient (Wildman–Crippen LogP) is 2.99. The van der Waals surface area contributed by atoms with Gasteiger partial charge in [-0.1, -0.05) is 52.0 Å². The maximum Gasteiger partial charge on any atom is 0.312 e. The van der Waals surface area contributed by atoms with E-state index in [9.17, 15) is 9.90 Å². The molecular formula is C21H39N3O2. The fourth-order valence-corrected chi connectivity index (χ4v) is 3.96. The van der Waals surface area contributed by atoms with E-state index in [0.717, 1.165) is 45.6 Å². The van der Waals surface area contributed by atoms with Crippen molar-refractivity contribution in [2.45, 2.75) is 59.0 Å². The number of rotatable bonds is 13. The summed E-state index contributed by atoms with van der Waals surface area (Å²) in [6.07, 6.45) is 10.0. The van der Waals surface area contributed by atoms with E-state index in [2.05, 4.69) is 55.8 Å². The quantitative estimate of drug-likeness (QED) is 0.525. The molecule has 1 rings (SSSR count). The van der Waals surface area contributed by atoms with E-state index in [1.807, 2.05) is 18.2 Å². The number of allylic oxidation sites excluding steroid dienone is 2. The minimum atomic E-state index is -0.756. The number of carboxylic acids is 1. The molecule has 0 aromatic carbocycles. The van der Waals surface area contributed by atoms with Crippen molar-refractivity contribution in [3.8, 4) is 0 Å². The fourth-order valence-electron chi connectivity index (χ4n) is 3.96. The Bertz CT molecular complexity index is 470. The Hall–Kier alpha value is -1.17. The van der Waals surface area contributed by atoms with E-state index in [0.29, 0.717) is 12.6 Å². The summed E-state index contributed by atoms with van der Waals surface area (Å²) in [5, 5.41) is 13.4. The van der Waals surface area contributed by atoms with Crippen LogP contribution in [0, 0.1) is 5.92 Å². The molecule has 0 amide bonds. The van der Waals surface area contributed by atoms with Crippen LogP contribution in [0.3, 0.4) is 0 Å². The first-order valence-corrected chi connectivity index (χ1v) is 10.2. The van der Waals surface area contributed by atoms with E-state index in [4.69, 9.17) is 0 Å². The lowest BCUT2D eigenvalue weighted by molar-refractivity contribution is -0.144. The summed E-state index contributed by atoms with van der Waals surface area (Å²) in [6, 6.07) is 0.367. The van der Waals surface area contributed by atoms with Gasteiger partial charge in [0.1, 0.15) is 0 Å². The Morgan fingerprint density at radius 2 is 1.81 bits per heavy atom. The second-order valence-electron chi connectivity index (χ2n) is 7.17. The molecule has 0 heterocycles. The summed E-state index contributed by atoms with van der Waals surface area (Å²) in [6.45, 7) is 16.4. The van der Waals surface area contributed by atoms with Gasteiger partial charge in [-0.25, -0.2) is 0 Å². The monoisotopic (exact) mass is 365 g/mol. The van der Waals surface area contributed by atoms with Gasteiger partial charge in [0.2, 0.25) is 0 Å². The van der Waals surface area contributed by atoms with Gasteiger partial charge in [-0.05, 0) is 52.5 Å². The molecule has 0 fully saturated rings. The summed E-state index contributed by atoms with van der Waals surface area (Å²) in [5.74, 6) is -1.28. The summed E-state index contributed by atoms with van der Waals surface area (Å²) in [4.78, 5) is 16.6. The Morgan fingerprint density at radius 1 is 1.15 bits per heavy atom. The highest BCUT2D eigenvalue weighted by Crippen LogP contribution is 2.31. The molecular weight excluding hydrogens is 326 g/mol. The standard InChI is InChI=1S/C21H39N3O2/c1-6-23(7-2)16-12-13-18(5)22-17-21(24(8-3)9-4)15-11-10-14-19(21)20(25)26/h10-11,14-15,18-19,22H,6-9,12-13,16-17H2,1-5H3,(H,25,26). The van der Waals surface area contributed by atoms with E-state index < -0.39 is 17.4 Å². The zero-order chi connectivity index (χ0) is 19.6. The topological polar surface area (TPSA) is 55.8 Å². The minimum Gasteiger partial charge on any atom is -0.481 e. The second kappa shape index (κ2) is 11.5. The summed E-state index contributed by atoms with van der Waals surface area (Å²) in [5.41, 5.74) is -0.503. The van der Waals surface area contributed by atoms with Crippen LogP contribution in [0.1, 0.15) is 47.5 Å². The molecule has 2 N–H and O–H groups in total. The fraction of sp³-hybridized carbons (Fsp3) is 0.762. The molecule has 3 unspecified atom stereocenters. The third-order valence-corrected chi connectivity index (χ3v) is 5.70. The van der Waals surface area contributed by atoms with Crippen molar-refractivity contribution in [1.82, 2.24) is 15.1 Å². The molecule has 1 aliphatic carbocycles. The van der Waals surface area contributed by atoms with Crippen LogP contribution in [0.4, 0.5) is 0 Å². The van der Waals surface area contributed by atoms with Crippen molar-refractivity contribution >= 4 is 5.97 Å². The van der Waals surface area contributed by atoms with E-state index >= 15 is 0 Å². The predicted molar refractivity (Wildman–Crippen MR) is 110 cm³/mol. The Morgan fingerprint density at radius 3 is 2.35 bits per heavy atom. The molecule has 0 aromatic heterocycles. The number of hydrogen-bond donors (Lipinski definition) is 2. The van der Waals surface area contributed by atoms with Gasteiger partial charge in [0.05, 0.1) is 11.5 Å². The van der Waals surface area contributed by atoms with Crippen molar-refractivity contribution in [3.05, 3.63) is 24.3 Å². The number of hydrogen-bond acceptors (Lipinski definition) is 4. The molecule has 150 valence electrons. The average Bonchev–Trinajstić information content (AvgIpc) is 2.64. The van der Waals surface area contributed by atoms with Crippen LogP contribution in [-0.2, 0) is 4.79 Å². The van der Waals surface area contributed by atoms with Crippen molar-refractivity contribution in [3.63, 3.8) is 0 Å². The first-order chi connectivity index (χ1) is 12.4. The molecule has 0 aliphatic heterocycles. The number of likely N-dealkylation sites (N-methyl/N-ethyl adjacent to an activating group) is 1. The number of nitrogens with zero attached hydrogens (tertiary/aromatic N) is 2. The SMILES string of the molecule is CCN(CC)CCCC(C)NCC1(N(CC)CC)C=CC=CC1C(=O)O. The van der Waals surface area contributed by atoms with Gasteiger partial charge in [-0.15, -0.1) is 0 Å². The van der Waals surface area contributed by atoms with Gasteiger partial charge >= 0.3 is 5.97 Å². The van der Waals surface area contributed by atoms with Gasteiger partial charge < -0.3 is 15.3 Å². The molecule has 5 nitrogen and oxygen atoms in total. The third-order valence-electron chi connectivity index (χ3n) is 5.70. The zero-order valence-corrected chi connectivity index (χ0v) is 17.4. The molecule has 3 atom stereocenters. The van der Waals surface area contributed by atoms with Gasteiger partial charge in [0.15, 0.2) is 0 Å². The van der Waals surface area contributed by atoms with Gasteiger partial charge in [-0.2, -0.15) is 0 Å². The zero-order valence-electron chi connectivity index (χ0n) is 17.4. The van der Waals surface area contributed by atoms with Crippen LogP contribution in [0.2, 0.25) is 0 Å². The van der Waals surface area contributed by atoms with Gasteiger partial charge in [-0.3, -0.25) is 9.69 Å². The van der Waals surface area contributed by atoms with E-state index in [1.54, 1.807) is 0 Å². The molecule has 0 aromatic rings. The smallest absolute Gasteiger partial charge is 0.312 e. The van der Waals surface area contributed by atoms with Gasteiger partial charge in [0, 0.05) is 12.6 Å². The summed E-state index contributed by atoms with van der Waals surface area (Å²) < 4.78 is 0. The lowest BCUT2D eigenvalue weighted by Gasteiger charge is -2.46. The molecule has 0 saturated heterocycles. The summed E-state index contributed by atoms with van der Waals surface area (Å²) in [7, 11) is 0. The van der Waals surface area contributed by atoms with Crippen LogP contribution >= 0.6 is 0 Å². The maximum absolute atomic E-state index is 11.9. The van der Waals surface area contributed by atoms with Crippen LogP contribution in [0.5, 0.6) is 0 Å².